The summed E-state index contributed by atoms with van der Waals surface area (Å²) in [4.78, 5) is 0. The van der Waals surface area contributed by atoms with Crippen LogP contribution >= 0.6 is 12.6 Å². The third kappa shape index (κ3) is 4.43. The Bertz CT molecular complexity index is 311. The Morgan fingerprint density at radius 2 is 1.56 bits per heavy atom. The summed E-state index contributed by atoms with van der Waals surface area (Å²) in [6.45, 7) is 5.78. The van der Waals surface area contributed by atoms with Crippen molar-refractivity contribution in [3.8, 4) is 0 Å². The van der Waals surface area contributed by atoms with Crippen LogP contribution in [0.15, 0.2) is 30.3 Å². The molecule has 1 rings (SSSR count). The van der Waals surface area contributed by atoms with Crippen LogP contribution in [0.4, 0.5) is 0 Å². The summed E-state index contributed by atoms with van der Waals surface area (Å²) in [6.07, 6.45) is 2.04. The Hall–Kier alpha value is -0.293. The van der Waals surface area contributed by atoms with Gasteiger partial charge in [0.15, 0.2) is 0 Å². The van der Waals surface area contributed by atoms with Crippen molar-refractivity contribution in [3.05, 3.63) is 30.3 Å². The van der Waals surface area contributed by atoms with Gasteiger partial charge in [-0.15, -0.1) is 0 Å². The summed E-state index contributed by atoms with van der Waals surface area (Å²) >= 11 is 4.38. The highest BCUT2D eigenvalue weighted by Gasteiger charge is 2.39. The van der Waals surface area contributed by atoms with Crippen LogP contribution in [0.5, 0.6) is 0 Å². The molecule has 18 heavy (non-hydrogen) atoms. The standard InChI is InChI=1S/C14H24O2SSi/c1-3-10-15-18(13-12-17,16-11-4-2)14-8-6-5-7-9-14/h5-9,17H,3-4,10-13H2,1-2H3. The van der Waals surface area contributed by atoms with Crippen LogP contribution in [0.25, 0.3) is 0 Å². The molecule has 0 atom stereocenters. The molecule has 0 unspecified atom stereocenters. The molecule has 0 saturated heterocycles. The van der Waals surface area contributed by atoms with Crippen molar-refractivity contribution >= 4 is 26.4 Å². The Labute approximate surface area is 117 Å². The highest BCUT2D eigenvalue weighted by molar-refractivity contribution is 7.80. The van der Waals surface area contributed by atoms with Gasteiger partial charge in [0.25, 0.3) is 0 Å². The molecule has 4 heteroatoms. The largest absolute Gasteiger partial charge is 0.391 e. The molecule has 0 aliphatic carbocycles. The molecule has 0 bridgehead atoms. The first-order valence-corrected chi connectivity index (χ1v) is 9.39. The molecule has 0 radical (unpaired) electrons. The van der Waals surface area contributed by atoms with Crippen LogP contribution in [-0.2, 0) is 8.85 Å². The molecule has 0 spiro atoms. The Kier molecular flexibility index (Phi) is 7.66. The van der Waals surface area contributed by atoms with Crippen molar-refractivity contribution in [3.63, 3.8) is 0 Å². The van der Waals surface area contributed by atoms with E-state index in [-0.39, 0.29) is 0 Å². The van der Waals surface area contributed by atoms with Gasteiger partial charge in [-0.1, -0.05) is 44.2 Å². The molecule has 0 N–H and O–H groups in total. The maximum Gasteiger partial charge on any atom is 0.373 e. The summed E-state index contributed by atoms with van der Waals surface area (Å²) in [5.74, 6) is 0.800. The average molecular weight is 284 g/mol. The molecule has 102 valence electrons. The first-order valence-electron chi connectivity index (χ1n) is 6.73. The molecule has 0 saturated carbocycles. The Morgan fingerprint density at radius 3 is 2.00 bits per heavy atom. The average Bonchev–Trinajstić information content (AvgIpc) is 2.43. The predicted octanol–water partition coefficient (Wildman–Crippen LogP) is 3.12. The SMILES string of the molecule is CCCO[Si](CCS)(OCCC)c1ccccc1. The molecule has 0 aromatic heterocycles. The highest BCUT2D eigenvalue weighted by Crippen LogP contribution is 2.16. The minimum absolute atomic E-state index is 0.763. The van der Waals surface area contributed by atoms with Gasteiger partial charge < -0.3 is 8.85 Å². The minimum atomic E-state index is -2.29. The second-order valence-corrected chi connectivity index (χ2v) is 7.90. The van der Waals surface area contributed by atoms with E-state index in [9.17, 15) is 0 Å². The zero-order valence-electron chi connectivity index (χ0n) is 11.4. The van der Waals surface area contributed by atoms with Crippen LogP contribution in [0.1, 0.15) is 26.7 Å². The normalized spacial score (nSPS) is 11.7. The van der Waals surface area contributed by atoms with Crippen LogP contribution in [0, 0.1) is 0 Å². The van der Waals surface area contributed by atoms with Crippen molar-refractivity contribution in [1.29, 1.82) is 0 Å². The Morgan fingerprint density at radius 1 is 1.00 bits per heavy atom. The molecule has 0 heterocycles. The summed E-state index contributed by atoms with van der Waals surface area (Å²) in [5.41, 5.74) is 0. The van der Waals surface area contributed by atoms with E-state index in [2.05, 4.69) is 50.7 Å². The molecule has 1 aromatic rings. The number of hydrogen-bond acceptors (Lipinski definition) is 3. The Balaban J connectivity index is 2.94. The van der Waals surface area contributed by atoms with Gasteiger partial charge in [-0.05, 0) is 23.8 Å². The van der Waals surface area contributed by atoms with E-state index in [4.69, 9.17) is 8.85 Å². The van der Waals surface area contributed by atoms with Gasteiger partial charge in [0, 0.05) is 19.3 Å². The molecular weight excluding hydrogens is 260 g/mol. The monoisotopic (exact) mass is 284 g/mol. The van der Waals surface area contributed by atoms with E-state index in [0.717, 1.165) is 37.9 Å². The smallest absolute Gasteiger partial charge is 0.373 e. The summed E-state index contributed by atoms with van der Waals surface area (Å²) in [5, 5.41) is 1.22. The molecule has 0 amide bonds. The lowest BCUT2D eigenvalue weighted by molar-refractivity contribution is 0.181. The number of benzene rings is 1. The molecular formula is C14H24O2SSi. The zero-order valence-corrected chi connectivity index (χ0v) is 13.3. The van der Waals surface area contributed by atoms with E-state index in [1.165, 1.54) is 5.19 Å². The maximum absolute atomic E-state index is 6.18. The summed E-state index contributed by atoms with van der Waals surface area (Å²) < 4.78 is 12.4. The van der Waals surface area contributed by atoms with Gasteiger partial charge in [-0.2, -0.15) is 12.6 Å². The molecule has 0 aliphatic heterocycles. The van der Waals surface area contributed by atoms with Gasteiger partial charge in [-0.3, -0.25) is 0 Å². The lowest BCUT2D eigenvalue weighted by atomic mass is 10.4. The van der Waals surface area contributed by atoms with E-state index >= 15 is 0 Å². The molecule has 2 nitrogen and oxygen atoms in total. The fourth-order valence-electron chi connectivity index (χ4n) is 1.87. The van der Waals surface area contributed by atoms with E-state index in [1.807, 2.05) is 6.07 Å². The third-order valence-corrected chi connectivity index (χ3v) is 6.84. The van der Waals surface area contributed by atoms with Gasteiger partial charge in [0.1, 0.15) is 0 Å². The van der Waals surface area contributed by atoms with Crippen molar-refractivity contribution in [2.45, 2.75) is 32.7 Å². The van der Waals surface area contributed by atoms with Crippen LogP contribution in [0.3, 0.4) is 0 Å². The molecule has 1 aromatic carbocycles. The van der Waals surface area contributed by atoms with E-state index < -0.39 is 8.56 Å². The van der Waals surface area contributed by atoms with Gasteiger partial charge >= 0.3 is 8.56 Å². The van der Waals surface area contributed by atoms with Crippen LogP contribution in [-0.4, -0.2) is 27.5 Å². The summed E-state index contributed by atoms with van der Waals surface area (Å²) in [7, 11) is -2.29. The first-order chi connectivity index (χ1) is 8.79. The second-order valence-electron chi connectivity index (χ2n) is 4.29. The van der Waals surface area contributed by atoms with E-state index in [1.54, 1.807) is 0 Å². The van der Waals surface area contributed by atoms with Gasteiger partial charge in [-0.25, -0.2) is 0 Å². The van der Waals surface area contributed by atoms with Gasteiger partial charge in [0.05, 0.1) is 0 Å². The predicted molar refractivity (Wildman–Crippen MR) is 83.0 cm³/mol. The fourth-order valence-corrected chi connectivity index (χ4v) is 5.81. The van der Waals surface area contributed by atoms with Crippen molar-refractivity contribution in [2.75, 3.05) is 19.0 Å². The molecule has 0 fully saturated rings. The first kappa shape index (κ1) is 15.8. The second kappa shape index (κ2) is 8.75. The van der Waals surface area contributed by atoms with Crippen molar-refractivity contribution in [1.82, 2.24) is 0 Å². The fraction of sp³-hybridized carbons (Fsp3) is 0.571. The lowest BCUT2D eigenvalue weighted by Gasteiger charge is -2.30. The number of rotatable bonds is 9. The maximum atomic E-state index is 6.18. The van der Waals surface area contributed by atoms with E-state index in [0.29, 0.717) is 0 Å². The highest BCUT2D eigenvalue weighted by atomic mass is 32.1. The minimum Gasteiger partial charge on any atom is -0.391 e. The van der Waals surface area contributed by atoms with Crippen LogP contribution in [0.2, 0.25) is 6.04 Å². The zero-order chi connectivity index (χ0) is 13.3. The third-order valence-electron chi connectivity index (χ3n) is 2.73. The topological polar surface area (TPSA) is 18.5 Å². The molecule has 0 aliphatic rings. The summed E-state index contributed by atoms with van der Waals surface area (Å²) in [6, 6.07) is 11.3. The van der Waals surface area contributed by atoms with Crippen LogP contribution < -0.4 is 5.19 Å². The van der Waals surface area contributed by atoms with Crippen molar-refractivity contribution in [2.24, 2.45) is 0 Å². The quantitative estimate of drug-likeness (QED) is 0.555. The number of thiol groups is 1. The van der Waals surface area contributed by atoms with Gasteiger partial charge in [0.2, 0.25) is 0 Å². The lowest BCUT2D eigenvalue weighted by Crippen LogP contribution is -2.54. The number of hydrogen-bond donors (Lipinski definition) is 1. The van der Waals surface area contributed by atoms with Crippen molar-refractivity contribution < 1.29 is 8.85 Å².